The van der Waals surface area contributed by atoms with Gasteiger partial charge in [0.2, 0.25) is 5.91 Å². The Kier molecular flexibility index (Phi) is 7.23. The third-order valence-corrected chi connectivity index (χ3v) is 3.40. The molecule has 16 heavy (non-hydrogen) atoms. The van der Waals surface area contributed by atoms with Crippen molar-refractivity contribution in [3.05, 3.63) is 0 Å². The lowest BCUT2D eigenvalue weighted by Crippen LogP contribution is -2.41. The summed E-state index contributed by atoms with van der Waals surface area (Å²) in [6.07, 6.45) is 12.5. The minimum atomic E-state index is -0.185. The molecule has 3 N–H and O–H groups in total. The van der Waals surface area contributed by atoms with E-state index in [0.29, 0.717) is 0 Å². The highest BCUT2D eigenvalue weighted by Gasteiger charge is 2.13. The molecule has 0 radical (unpaired) electrons. The van der Waals surface area contributed by atoms with Gasteiger partial charge in [-0.05, 0) is 19.4 Å². The first-order valence-corrected chi connectivity index (χ1v) is 6.83. The Morgan fingerprint density at radius 3 is 1.94 bits per heavy atom. The van der Waals surface area contributed by atoms with Crippen LogP contribution >= 0.6 is 0 Å². The van der Waals surface area contributed by atoms with Gasteiger partial charge in [-0.15, -0.1) is 0 Å². The van der Waals surface area contributed by atoms with Crippen molar-refractivity contribution >= 4 is 5.91 Å². The molecular weight excluding hydrogens is 200 g/mol. The van der Waals surface area contributed by atoms with Crippen LogP contribution in [0.4, 0.5) is 0 Å². The van der Waals surface area contributed by atoms with Crippen LogP contribution in [-0.2, 0) is 4.79 Å². The van der Waals surface area contributed by atoms with Crippen LogP contribution in [0.25, 0.3) is 0 Å². The van der Waals surface area contributed by atoms with Crippen molar-refractivity contribution in [2.75, 3.05) is 6.54 Å². The summed E-state index contributed by atoms with van der Waals surface area (Å²) in [5, 5.41) is 3.28. The molecule has 1 rings (SSSR count). The van der Waals surface area contributed by atoms with Gasteiger partial charge < -0.3 is 11.1 Å². The first kappa shape index (κ1) is 13.5. The average molecular weight is 226 g/mol. The van der Waals surface area contributed by atoms with Crippen LogP contribution in [0.15, 0.2) is 0 Å². The smallest absolute Gasteiger partial charge is 0.234 e. The standard InChI is InChI=1S/C13H26N2O/c14-13(16)12-10-8-6-4-2-1-3-5-7-9-11-15-12/h12,15H,1-11H2,(H2,14,16). The molecule has 0 saturated carbocycles. The molecule has 1 heterocycles. The molecule has 1 unspecified atom stereocenters. The van der Waals surface area contributed by atoms with E-state index in [0.717, 1.165) is 19.4 Å². The van der Waals surface area contributed by atoms with Gasteiger partial charge in [0.25, 0.3) is 0 Å². The second kappa shape index (κ2) is 8.57. The summed E-state index contributed by atoms with van der Waals surface area (Å²) in [5.41, 5.74) is 5.38. The fraction of sp³-hybridized carbons (Fsp3) is 0.923. The second-order valence-corrected chi connectivity index (χ2v) is 4.88. The zero-order valence-corrected chi connectivity index (χ0v) is 10.3. The van der Waals surface area contributed by atoms with Crippen LogP contribution in [0.2, 0.25) is 0 Å². The molecule has 3 nitrogen and oxygen atoms in total. The van der Waals surface area contributed by atoms with Crippen LogP contribution in [0.1, 0.15) is 64.2 Å². The van der Waals surface area contributed by atoms with Crippen molar-refractivity contribution in [3.63, 3.8) is 0 Å². The lowest BCUT2D eigenvalue weighted by Gasteiger charge is -2.14. The predicted molar refractivity (Wildman–Crippen MR) is 67.2 cm³/mol. The van der Waals surface area contributed by atoms with Crippen LogP contribution in [-0.4, -0.2) is 18.5 Å². The van der Waals surface area contributed by atoms with Gasteiger partial charge in [-0.2, -0.15) is 0 Å². The third kappa shape index (κ3) is 6.11. The Morgan fingerprint density at radius 2 is 1.38 bits per heavy atom. The maximum atomic E-state index is 11.2. The minimum Gasteiger partial charge on any atom is -0.368 e. The number of carbonyl (C=O) groups excluding carboxylic acids is 1. The van der Waals surface area contributed by atoms with Crippen molar-refractivity contribution in [3.8, 4) is 0 Å². The summed E-state index contributed by atoms with van der Waals surface area (Å²) in [6, 6.07) is -0.0965. The molecule has 0 aromatic rings. The van der Waals surface area contributed by atoms with Crippen LogP contribution < -0.4 is 11.1 Å². The lowest BCUT2D eigenvalue weighted by molar-refractivity contribution is -0.120. The fourth-order valence-electron chi connectivity index (χ4n) is 2.33. The molecular formula is C13H26N2O. The molecule has 0 aromatic heterocycles. The van der Waals surface area contributed by atoms with Gasteiger partial charge in [-0.25, -0.2) is 0 Å². The number of carbonyl (C=O) groups is 1. The van der Waals surface area contributed by atoms with Gasteiger partial charge in [0, 0.05) is 0 Å². The maximum absolute atomic E-state index is 11.2. The number of rotatable bonds is 1. The zero-order valence-electron chi connectivity index (χ0n) is 10.3. The van der Waals surface area contributed by atoms with Gasteiger partial charge in [0.05, 0.1) is 6.04 Å². The van der Waals surface area contributed by atoms with E-state index in [-0.39, 0.29) is 11.9 Å². The quantitative estimate of drug-likeness (QED) is 0.721. The number of primary amides is 1. The van der Waals surface area contributed by atoms with Gasteiger partial charge in [0.1, 0.15) is 0 Å². The van der Waals surface area contributed by atoms with E-state index >= 15 is 0 Å². The molecule has 1 aliphatic rings. The van der Waals surface area contributed by atoms with Gasteiger partial charge in [-0.3, -0.25) is 4.79 Å². The number of amides is 1. The molecule has 1 aliphatic heterocycles. The first-order valence-electron chi connectivity index (χ1n) is 6.83. The number of nitrogens with one attached hydrogen (secondary N) is 1. The Balaban J connectivity index is 2.29. The average Bonchev–Trinajstić information content (AvgIpc) is 2.28. The summed E-state index contributed by atoms with van der Waals surface area (Å²) in [7, 11) is 0. The molecule has 0 aliphatic carbocycles. The highest BCUT2D eigenvalue weighted by molar-refractivity contribution is 5.79. The highest BCUT2D eigenvalue weighted by Crippen LogP contribution is 2.12. The molecule has 1 fully saturated rings. The van der Waals surface area contributed by atoms with Gasteiger partial charge in [0.15, 0.2) is 0 Å². The third-order valence-electron chi connectivity index (χ3n) is 3.40. The van der Waals surface area contributed by atoms with Crippen molar-refractivity contribution in [1.29, 1.82) is 0 Å². The summed E-state index contributed by atoms with van der Waals surface area (Å²) in [5.74, 6) is -0.185. The molecule has 3 heteroatoms. The molecule has 0 bridgehead atoms. The molecule has 1 saturated heterocycles. The number of hydrogen-bond acceptors (Lipinski definition) is 2. The summed E-state index contributed by atoms with van der Waals surface area (Å²) < 4.78 is 0. The SMILES string of the molecule is NC(=O)C1CCCCCCCCCCCN1. The Labute approximate surface area is 99.2 Å². The van der Waals surface area contributed by atoms with E-state index in [9.17, 15) is 4.79 Å². The van der Waals surface area contributed by atoms with E-state index in [4.69, 9.17) is 5.73 Å². The number of hydrogen-bond donors (Lipinski definition) is 2. The normalized spacial score (nSPS) is 26.1. The summed E-state index contributed by atoms with van der Waals surface area (Å²) in [6.45, 7) is 0.938. The molecule has 1 atom stereocenters. The van der Waals surface area contributed by atoms with Gasteiger partial charge in [-0.1, -0.05) is 51.4 Å². The molecule has 94 valence electrons. The van der Waals surface area contributed by atoms with E-state index in [1.54, 1.807) is 0 Å². The monoisotopic (exact) mass is 226 g/mol. The van der Waals surface area contributed by atoms with Crippen molar-refractivity contribution in [1.82, 2.24) is 5.32 Å². The highest BCUT2D eigenvalue weighted by atomic mass is 16.1. The fourth-order valence-corrected chi connectivity index (χ4v) is 2.33. The lowest BCUT2D eigenvalue weighted by atomic mass is 10.0. The van der Waals surface area contributed by atoms with E-state index in [2.05, 4.69) is 5.32 Å². The van der Waals surface area contributed by atoms with Crippen molar-refractivity contribution < 1.29 is 4.79 Å². The van der Waals surface area contributed by atoms with E-state index in [1.807, 2.05) is 0 Å². The summed E-state index contributed by atoms with van der Waals surface area (Å²) in [4.78, 5) is 11.2. The van der Waals surface area contributed by atoms with Crippen molar-refractivity contribution in [2.24, 2.45) is 5.73 Å². The van der Waals surface area contributed by atoms with Crippen LogP contribution in [0.5, 0.6) is 0 Å². The van der Waals surface area contributed by atoms with Gasteiger partial charge >= 0.3 is 0 Å². The largest absolute Gasteiger partial charge is 0.368 e. The molecule has 0 aromatic carbocycles. The van der Waals surface area contributed by atoms with Crippen LogP contribution in [0.3, 0.4) is 0 Å². The second-order valence-electron chi connectivity index (χ2n) is 4.88. The number of nitrogens with two attached hydrogens (primary N) is 1. The predicted octanol–water partition coefficient (Wildman–Crippen LogP) is 2.34. The Morgan fingerprint density at radius 1 is 0.875 bits per heavy atom. The van der Waals surface area contributed by atoms with Crippen LogP contribution in [0, 0.1) is 0 Å². The van der Waals surface area contributed by atoms with E-state index in [1.165, 1.54) is 51.4 Å². The minimum absolute atomic E-state index is 0.0965. The first-order chi connectivity index (χ1) is 7.80. The Bertz CT molecular complexity index is 180. The molecule has 1 amide bonds. The maximum Gasteiger partial charge on any atom is 0.234 e. The van der Waals surface area contributed by atoms with Crippen molar-refractivity contribution in [2.45, 2.75) is 70.3 Å². The summed E-state index contributed by atoms with van der Waals surface area (Å²) >= 11 is 0. The molecule has 0 spiro atoms. The zero-order chi connectivity index (χ0) is 11.6. The topological polar surface area (TPSA) is 55.1 Å². The van der Waals surface area contributed by atoms with E-state index < -0.39 is 0 Å². The Hall–Kier alpha value is -0.570.